The molecule has 0 unspecified atom stereocenters. The molecule has 0 nitrogen and oxygen atoms in total. The lowest BCUT2D eigenvalue weighted by atomic mass is 10.1. The molecule has 0 N–H and O–H groups in total. The number of hydrogen-bond donors (Lipinski definition) is 0. The standard InChI is InChI=1S/C9H4F4S/c10-7-4-8-5(1-2-14-8)3-6(7)9(11,12)13/h1-4H. The predicted molar refractivity (Wildman–Crippen MR) is 46.8 cm³/mol. The van der Waals surface area contributed by atoms with E-state index in [4.69, 9.17) is 0 Å². The molecule has 0 bridgehead atoms. The Hall–Kier alpha value is -1.10. The van der Waals surface area contributed by atoms with Crippen LogP contribution in [0.1, 0.15) is 5.56 Å². The van der Waals surface area contributed by atoms with E-state index >= 15 is 0 Å². The van der Waals surface area contributed by atoms with Crippen LogP contribution in [0.3, 0.4) is 0 Å². The fourth-order valence-electron chi connectivity index (χ4n) is 1.20. The van der Waals surface area contributed by atoms with Gasteiger partial charge in [-0.1, -0.05) is 0 Å². The summed E-state index contributed by atoms with van der Waals surface area (Å²) in [5.41, 5.74) is -1.21. The summed E-state index contributed by atoms with van der Waals surface area (Å²) in [6.07, 6.45) is -4.62. The smallest absolute Gasteiger partial charge is 0.206 e. The molecule has 0 saturated heterocycles. The lowest BCUT2D eigenvalue weighted by molar-refractivity contribution is -0.139. The lowest BCUT2D eigenvalue weighted by Crippen LogP contribution is -2.07. The van der Waals surface area contributed by atoms with Gasteiger partial charge in [0.1, 0.15) is 5.82 Å². The summed E-state index contributed by atoms with van der Waals surface area (Å²) < 4.78 is 50.2. The molecule has 1 aromatic heterocycles. The van der Waals surface area contributed by atoms with Crippen LogP contribution < -0.4 is 0 Å². The summed E-state index contributed by atoms with van der Waals surface area (Å²) in [4.78, 5) is 0. The zero-order chi connectivity index (χ0) is 10.3. The van der Waals surface area contributed by atoms with Gasteiger partial charge in [0.05, 0.1) is 5.56 Å². The zero-order valence-corrected chi connectivity index (χ0v) is 7.55. The number of fused-ring (bicyclic) bond motifs is 1. The molecule has 0 aliphatic rings. The molecular formula is C9H4F4S. The van der Waals surface area contributed by atoms with Crippen LogP contribution in [0.15, 0.2) is 23.6 Å². The summed E-state index contributed by atoms with van der Waals surface area (Å²) in [5, 5.41) is 2.05. The second kappa shape index (κ2) is 2.95. The third-order valence-corrected chi connectivity index (χ3v) is 2.73. The topological polar surface area (TPSA) is 0 Å². The van der Waals surface area contributed by atoms with Crippen LogP contribution in [0.25, 0.3) is 10.1 Å². The fourth-order valence-corrected chi connectivity index (χ4v) is 2.00. The maximum Gasteiger partial charge on any atom is 0.419 e. The van der Waals surface area contributed by atoms with Gasteiger partial charge >= 0.3 is 6.18 Å². The van der Waals surface area contributed by atoms with Crippen LogP contribution in [0.2, 0.25) is 0 Å². The number of hydrogen-bond acceptors (Lipinski definition) is 1. The molecule has 0 aliphatic heterocycles. The summed E-state index contributed by atoms with van der Waals surface area (Å²) in [6.45, 7) is 0. The highest BCUT2D eigenvalue weighted by atomic mass is 32.1. The van der Waals surface area contributed by atoms with Crippen LogP contribution in [0.4, 0.5) is 17.6 Å². The summed E-state index contributed by atoms with van der Waals surface area (Å²) in [6, 6.07) is 3.29. The van der Waals surface area contributed by atoms with Crippen molar-refractivity contribution in [1.29, 1.82) is 0 Å². The van der Waals surface area contributed by atoms with Gasteiger partial charge in [-0.15, -0.1) is 11.3 Å². The van der Waals surface area contributed by atoms with Gasteiger partial charge < -0.3 is 0 Å². The number of alkyl halides is 3. The second-order valence-electron chi connectivity index (χ2n) is 2.79. The van der Waals surface area contributed by atoms with Crippen LogP contribution in [-0.2, 0) is 6.18 Å². The molecule has 0 aliphatic carbocycles. The third-order valence-electron chi connectivity index (χ3n) is 1.85. The highest BCUT2D eigenvalue weighted by Crippen LogP contribution is 2.34. The van der Waals surface area contributed by atoms with Crippen LogP contribution in [0, 0.1) is 5.82 Å². The number of rotatable bonds is 0. The van der Waals surface area contributed by atoms with Crippen molar-refractivity contribution in [2.24, 2.45) is 0 Å². The van der Waals surface area contributed by atoms with Crippen LogP contribution in [0.5, 0.6) is 0 Å². The van der Waals surface area contributed by atoms with Crippen molar-refractivity contribution in [3.63, 3.8) is 0 Å². The number of thiophene rings is 1. The molecule has 5 heteroatoms. The summed E-state index contributed by atoms with van der Waals surface area (Å²) in [5.74, 6) is -1.22. The van der Waals surface area contributed by atoms with Crippen molar-refractivity contribution in [3.8, 4) is 0 Å². The Morgan fingerprint density at radius 3 is 2.50 bits per heavy atom. The van der Waals surface area contributed by atoms with Gasteiger partial charge in [-0.05, 0) is 29.0 Å². The Balaban J connectivity index is 2.71. The Bertz CT molecular complexity index is 469. The van der Waals surface area contributed by atoms with Gasteiger partial charge in [-0.25, -0.2) is 4.39 Å². The molecule has 1 heterocycles. The molecule has 2 rings (SSSR count). The average Bonchev–Trinajstić information content (AvgIpc) is 2.47. The maximum absolute atomic E-state index is 13.0. The van der Waals surface area contributed by atoms with E-state index in [-0.39, 0.29) is 0 Å². The van der Waals surface area contributed by atoms with Gasteiger partial charge in [-0.2, -0.15) is 13.2 Å². The van der Waals surface area contributed by atoms with E-state index in [1.807, 2.05) is 0 Å². The Kier molecular flexibility index (Phi) is 1.99. The van der Waals surface area contributed by atoms with Crippen molar-refractivity contribution in [2.75, 3.05) is 0 Å². The first kappa shape index (κ1) is 9.45. The molecule has 0 fully saturated rings. The Morgan fingerprint density at radius 2 is 1.86 bits per heavy atom. The molecule has 0 saturated carbocycles. The number of halogens is 4. The first-order valence-corrected chi connectivity index (χ1v) is 4.60. The molecule has 2 aromatic rings. The first-order valence-electron chi connectivity index (χ1n) is 3.72. The number of benzene rings is 1. The van der Waals surface area contributed by atoms with E-state index in [9.17, 15) is 17.6 Å². The minimum Gasteiger partial charge on any atom is -0.206 e. The van der Waals surface area contributed by atoms with Gasteiger partial charge in [-0.3, -0.25) is 0 Å². The van der Waals surface area contributed by atoms with Crippen molar-refractivity contribution in [2.45, 2.75) is 6.18 Å². The second-order valence-corrected chi connectivity index (χ2v) is 3.74. The quantitative estimate of drug-likeness (QED) is 0.587. The van der Waals surface area contributed by atoms with Gasteiger partial charge in [0.25, 0.3) is 0 Å². The van der Waals surface area contributed by atoms with Crippen molar-refractivity contribution < 1.29 is 17.6 Å². The van der Waals surface area contributed by atoms with Gasteiger partial charge in [0.15, 0.2) is 0 Å². The first-order chi connectivity index (χ1) is 6.48. The maximum atomic E-state index is 13.0. The minimum absolute atomic E-state index is 0.420. The van der Waals surface area contributed by atoms with Crippen molar-refractivity contribution in [3.05, 3.63) is 35.0 Å². The van der Waals surface area contributed by atoms with E-state index < -0.39 is 17.6 Å². The summed E-state index contributed by atoms with van der Waals surface area (Å²) in [7, 11) is 0. The highest BCUT2D eigenvalue weighted by Gasteiger charge is 2.34. The minimum atomic E-state index is -4.62. The van der Waals surface area contributed by atoms with Crippen molar-refractivity contribution >= 4 is 21.4 Å². The normalized spacial score (nSPS) is 12.3. The Morgan fingerprint density at radius 1 is 1.14 bits per heavy atom. The molecule has 0 radical (unpaired) electrons. The Labute approximate surface area is 80.8 Å². The molecule has 74 valence electrons. The fraction of sp³-hybridized carbons (Fsp3) is 0.111. The monoisotopic (exact) mass is 220 g/mol. The SMILES string of the molecule is Fc1cc2sccc2cc1C(F)(F)F. The lowest BCUT2D eigenvalue weighted by Gasteiger charge is -2.07. The highest BCUT2D eigenvalue weighted by molar-refractivity contribution is 7.17. The van der Waals surface area contributed by atoms with Gasteiger partial charge in [0.2, 0.25) is 0 Å². The molecule has 0 amide bonds. The van der Waals surface area contributed by atoms with E-state index in [0.29, 0.717) is 10.1 Å². The molecular weight excluding hydrogens is 216 g/mol. The van der Waals surface area contributed by atoms with E-state index in [0.717, 1.165) is 12.1 Å². The molecule has 1 aromatic carbocycles. The van der Waals surface area contributed by atoms with E-state index in [1.165, 1.54) is 17.4 Å². The van der Waals surface area contributed by atoms with E-state index in [1.54, 1.807) is 5.38 Å². The average molecular weight is 220 g/mol. The van der Waals surface area contributed by atoms with Crippen LogP contribution >= 0.6 is 11.3 Å². The van der Waals surface area contributed by atoms with Crippen molar-refractivity contribution in [1.82, 2.24) is 0 Å². The third kappa shape index (κ3) is 1.48. The van der Waals surface area contributed by atoms with Crippen LogP contribution in [-0.4, -0.2) is 0 Å². The summed E-state index contributed by atoms with van der Waals surface area (Å²) >= 11 is 1.21. The largest absolute Gasteiger partial charge is 0.419 e. The zero-order valence-electron chi connectivity index (χ0n) is 6.73. The molecule has 0 atom stereocenters. The van der Waals surface area contributed by atoms with Gasteiger partial charge in [0, 0.05) is 4.70 Å². The molecule has 14 heavy (non-hydrogen) atoms. The predicted octanol–water partition coefficient (Wildman–Crippen LogP) is 4.06. The van der Waals surface area contributed by atoms with E-state index in [2.05, 4.69) is 0 Å². The molecule has 0 spiro atoms.